The van der Waals surface area contributed by atoms with Gasteiger partial charge in [0, 0.05) is 6.42 Å². The van der Waals surface area contributed by atoms with Crippen molar-refractivity contribution >= 4 is 11.9 Å². The van der Waals surface area contributed by atoms with E-state index >= 15 is 0 Å². The molecule has 170 valence electrons. The van der Waals surface area contributed by atoms with E-state index in [-0.39, 0.29) is 6.42 Å². The molecule has 4 rings (SSSR count). The zero-order valence-electron chi connectivity index (χ0n) is 18.4. The SMILES string of the molecule is O=C(O)[C@@H](Cc1ccc(F)cc1)NC(=O)C(c1ccccc1)(c1ccccc1)c1ccccc1. The van der Waals surface area contributed by atoms with Crippen LogP contribution in [0.15, 0.2) is 115 Å². The summed E-state index contributed by atoms with van der Waals surface area (Å²) in [7, 11) is 0. The topological polar surface area (TPSA) is 66.4 Å². The van der Waals surface area contributed by atoms with E-state index in [1.54, 1.807) is 0 Å². The molecule has 0 spiro atoms. The average Bonchev–Trinajstić information content (AvgIpc) is 2.87. The summed E-state index contributed by atoms with van der Waals surface area (Å²) in [6.07, 6.45) is 0.0236. The summed E-state index contributed by atoms with van der Waals surface area (Å²) in [5.41, 5.74) is 1.49. The number of benzene rings is 4. The third-order valence-electron chi connectivity index (χ3n) is 5.92. The summed E-state index contributed by atoms with van der Waals surface area (Å²) in [5, 5.41) is 12.7. The number of carbonyl (C=O) groups excluding carboxylic acids is 1. The van der Waals surface area contributed by atoms with Gasteiger partial charge in [0.05, 0.1) is 0 Å². The molecule has 0 fully saturated rings. The Morgan fingerprint density at radius 1 is 0.706 bits per heavy atom. The molecule has 0 heterocycles. The Labute approximate surface area is 197 Å². The van der Waals surface area contributed by atoms with E-state index in [1.165, 1.54) is 24.3 Å². The Hall–Kier alpha value is -4.25. The molecule has 0 saturated heterocycles. The molecule has 5 heteroatoms. The molecule has 0 bridgehead atoms. The number of rotatable bonds is 8. The highest BCUT2D eigenvalue weighted by molar-refractivity contribution is 5.98. The standard InChI is InChI=1S/C29H24FNO3/c30-25-18-16-21(17-19-25)20-26(27(32)33)31-28(34)29(22-10-4-1-5-11-22,23-12-6-2-7-13-23)24-14-8-3-9-15-24/h1-19,26H,20H2,(H,31,34)(H,32,33)/t26-/m1/s1. The van der Waals surface area contributed by atoms with E-state index in [9.17, 15) is 19.1 Å². The Bertz CT molecular complexity index is 1150. The molecule has 0 aromatic heterocycles. The quantitative estimate of drug-likeness (QED) is 0.370. The van der Waals surface area contributed by atoms with E-state index in [4.69, 9.17) is 0 Å². The van der Waals surface area contributed by atoms with Gasteiger partial charge in [-0.3, -0.25) is 4.79 Å². The van der Waals surface area contributed by atoms with Crippen LogP contribution in [0.5, 0.6) is 0 Å². The number of aliphatic carboxylic acids is 1. The predicted molar refractivity (Wildman–Crippen MR) is 129 cm³/mol. The van der Waals surface area contributed by atoms with Gasteiger partial charge >= 0.3 is 5.97 Å². The highest BCUT2D eigenvalue weighted by Crippen LogP contribution is 2.39. The van der Waals surface area contributed by atoms with Gasteiger partial charge < -0.3 is 10.4 Å². The maximum Gasteiger partial charge on any atom is 0.326 e. The number of hydrogen-bond donors (Lipinski definition) is 2. The first-order valence-corrected chi connectivity index (χ1v) is 11.0. The van der Waals surface area contributed by atoms with Crippen molar-refractivity contribution in [2.24, 2.45) is 0 Å². The zero-order chi connectivity index (χ0) is 24.0. The molecule has 0 aliphatic heterocycles. The van der Waals surface area contributed by atoms with Crippen molar-refractivity contribution in [2.45, 2.75) is 17.9 Å². The van der Waals surface area contributed by atoms with Crippen LogP contribution in [0.1, 0.15) is 22.3 Å². The van der Waals surface area contributed by atoms with Gasteiger partial charge in [0.15, 0.2) is 0 Å². The van der Waals surface area contributed by atoms with Gasteiger partial charge in [-0.05, 0) is 34.4 Å². The summed E-state index contributed by atoms with van der Waals surface area (Å²) >= 11 is 0. The largest absolute Gasteiger partial charge is 0.480 e. The van der Waals surface area contributed by atoms with Crippen molar-refractivity contribution in [2.75, 3.05) is 0 Å². The van der Waals surface area contributed by atoms with Gasteiger partial charge in [0.2, 0.25) is 5.91 Å². The Balaban J connectivity index is 1.83. The van der Waals surface area contributed by atoms with Crippen LogP contribution in [0.3, 0.4) is 0 Å². The van der Waals surface area contributed by atoms with Crippen LogP contribution >= 0.6 is 0 Å². The predicted octanol–water partition coefficient (Wildman–Crippen LogP) is 4.97. The van der Waals surface area contributed by atoms with Gasteiger partial charge in [-0.2, -0.15) is 0 Å². The van der Waals surface area contributed by atoms with Crippen molar-refractivity contribution in [3.8, 4) is 0 Å². The number of carbonyl (C=O) groups is 2. The molecule has 1 amide bonds. The molecule has 2 N–H and O–H groups in total. The van der Waals surface area contributed by atoms with Gasteiger partial charge in [-0.1, -0.05) is 103 Å². The third-order valence-corrected chi connectivity index (χ3v) is 5.92. The smallest absolute Gasteiger partial charge is 0.326 e. The van der Waals surface area contributed by atoms with Crippen LogP contribution in [0.4, 0.5) is 4.39 Å². The average molecular weight is 454 g/mol. The van der Waals surface area contributed by atoms with Gasteiger partial charge in [0.1, 0.15) is 17.3 Å². The van der Waals surface area contributed by atoms with Crippen LogP contribution in [0.25, 0.3) is 0 Å². The first kappa shape index (κ1) is 22.9. The third kappa shape index (κ3) is 4.59. The molecule has 4 aromatic rings. The minimum atomic E-state index is -1.28. The van der Waals surface area contributed by atoms with Crippen LogP contribution in [0.2, 0.25) is 0 Å². The summed E-state index contributed by atoms with van der Waals surface area (Å²) in [6, 6.07) is 32.4. The van der Waals surface area contributed by atoms with Crippen molar-refractivity contribution < 1.29 is 19.1 Å². The summed E-state index contributed by atoms with van der Waals surface area (Å²) in [6.45, 7) is 0. The fourth-order valence-corrected chi connectivity index (χ4v) is 4.28. The van der Waals surface area contributed by atoms with Crippen molar-refractivity contribution in [1.82, 2.24) is 5.32 Å². The monoisotopic (exact) mass is 453 g/mol. The second-order valence-corrected chi connectivity index (χ2v) is 8.04. The first-order valence-electron chi connectivity index (χ1n) is 11.0. The molecule has 0 unspecified atom stereocenters. The molecular formula is C29H24FNO3. The van der Waals surface area contributed by atoms with Gasteiger partial charge in [0.25, 0.3) is 0 Å². The van der Waals surface area contributed by atoms with Crippen molar-refractivity contribution in [3.63, 3.8) is 0 Å². The number of amides is 1. The van der Waals surface area contributed by atoms with E-state index in [1.807, 2.05) is 91.0 Å². The van der Waals surface area contributed by atoms with E-state index < -0.39 is 29.2 Å². The normalized spacial score (nSPS) is 12.0. The Kier molecular flexibility index (Phi) is 6.83. The molecule has 4 nitrogen and oxygen atoms in total. The Morgan fingerprint density at radius 2 is 1.12 bits per heavy atom. The van der Waals surface area contributed by atoms with Crippen molar-refractivity contribution in [3.05, 3.63) is 143 Å². The first-order chi connectivity index (χ1) is 16.5. The van der Waals surface area contributed by atoms with E-state index in [2.05, 4.69) is 5.32 Å². The highest BCUT2D eigenvalue weighted by atomic mass is 19.1. The molecule has 0 radical (unpaired) electrons. The molecule has 1 atom stereocenters. The molecule has 0 aliphatic rings. The molecule has 34 heavy (non-hydrogen) atoms. The lowest BCUT2D eigenvalue weighted by Gasteiger charge is -2.35. The number of carboxylic acid groups (broad SMARTS) is 1. The van der Waals surface area contributed by atoms with E-state index in [0.29, 0.717) is 5.56 Å². The molecule has 4 aromatic carbocycles. The fraction of sp³-hybridized carbons (Fsp3) is 0.103. The maximum atomic E-state index is 14.2. The van der Waals surface area contributed by atoms with Gasteiger partial charge in [-0.15, -0.1) is 0 Å². The zero-order valence-corrected chi connectivity index (χ0v) is 18.4. The lowest BCUT2D eigenvalue weighted by Crippen LogP contribution is -2.52. The van der Waals surface area contributed by atoms with Crippen LogP contribution in [-0.4, -0.2) is 23.0 Å². The second kappa shape index (κ2) is 10.1. The molecule has 0 aliphatic carbocycles. The Morgan fingerprint density at radius 3 is 1.50 bits per heavy atom. The minimum Gasteiger partial charge on any atom is -0.480 e. The summed E-state index contributed by atoms with van der Waals surface area (Å²) in [4.78, 5) is 26.3. The second-order valence-electron chi connectivity index (χ2n) is 8.04. The highest BCUT2D eigenvalue weighted by Gasteiger charge is 2.45. The van der Waals surface area contributed by atoms with Gasteiger partial charge in [-0.25, -0.2) is 9.18 Å². The lowest BCUT2D eigenvalue weighted by atomic mass is 9.68. The molecule has 0 saturated carbocycles. The number of carboxylic acids is 1. The van der Waals surface area contributed by atoms with E-state index in [0.717, 1.165) is 16.7 Å². The summed E-state index contributed by atoms with van der Waals surface area (Å²) in [5.74, 6) is -2.03. The van der Waals surface area contributed by atoms with Crippen LogP contribution in [-0.2, 0) is 21.4 Å². The number of halogens is 1. The minimum absolute atomic E-state index is 0.0236. The lowest BCUT2D eigenvalue weighted by molar-refractivity contribution is -0.142. The molecular weight excluding hydrogens is 429 g/mol. The van der Waals surface area contributed by atoms with Crippen LogP contribution < -0.4 is 5.32 Å². The maximum absolute atomic E-state index is 14.2. The van der Waals surface area contributed by atoms with Crippen molar-refractivity contribution in [1.29, 1.82) is 0 Å². The number of nitrogens with one attached hydrogen (secondary N) is 1. The summed E-state index contributed by atoms with van der Waals surface area (Å²) < 4.78 is 13.3. The number of hydrogen-bond acceptors (Lipinski definition) is 2. The fourth-order valence-electron chi connectivity index (χ4n) is 4.28. The van der Waals surface area contributed by atoms with Crippen LogP contribution in [0, 0.1) is 5.82 Å².